The van der Waals surface area contributed by atoms with Crippen molar-refractivity contribution in [2.75, 3.05) is 31.1 Å². The maximum Gasteiger partial charge on any atom is 0.185 e. The van der Waals surface area contributed by atoms with Gasteiger partial charge in [-0.05, 0) is 36.4 Å². The molecule has 3 aromatic rings. The van der Waals surface area contributed by atoms with E-state index in [-0.39, 0.29) is 0 Å². The predicted octanol–water partition coefficient (Wildman–Crippen LogP) is 1.01. The van der Waals surface area contributed by atoms with Gasteiger partial charge in [-0.25, -0.2) is 0 Å². The molecule has 23 heavy (non-hydrogen) atoms. The molecule has 0 amide bonds. The largest absolute Gasteiger partial charge is 0.369 e. The van der Waals surface area contributed by atoms with Crippen LogP contribution >= 0.6 is 0 Å². The molecule has 1 fully saturated rings. The molecule has 0 saturated carbocycles. The number of aromatic nitrogens is 4. The summed E-state index contributed by atoms with van der Waals surface area (Å²) in [7, 11) is 0. The Kier molecular flexibility index (Phi) is 3.47. The first kappa shape index (κ1) is 13.8. The number of hydrogen-bond donors (Lipinski definition) is 1. The SMILES string of the molecule is O=Cc1ccc2nnc(-c3ccc(N4CCNCC4)cc3)n2n1. The first-order valence-electron chi connectivity index (χ1n) is 7.59. The third kappa shape index (κ3) is 2.55. The Morgan fingerprint density at radius 1 is 1.00 bits per heavy atom. The number of fused-ring (bicyclic) bond motifs is 1. The van der Waals surface area contributed by atoms with Crippen molar-refractivity contribution in [2.24, 2.45) is 0 Å². The van der Waals surface area contributed by atoms with Crippen molar-refractivity contribution >= 4 is 17.6 Å². The van der Waals surface area contributed by atoms with Crippen molar-refractivity contribution in [2.45, 2.75) is 0 Å². The Morgan fingerprint density at radius 3 is 2.52 bits per heavy atom. The highest BCUT2D eigenvalue weighted by molar-refractivity contribution is 5.72. The van der Waals surface area contributed by atoms with E-state index >= 15 is 0 Å². The molecule has 1 aromatic carbocycles. The van der Waals surface area contributed by atoms with Gasteiger partial charge in [0.05, 0.1) is 0 Å². The summed E-state index contributed by atoms with van der Waals surface area (Å²) in [6.45, 7) is 4.04. The standard InChI is InChI=1S/C16H16N6O/c23-11-13-3-6-15-18-19-16(22(15)20-13)12-1-4-14(5-2-12)21-9-7-17-8-10-21/h1-6,11,17H,7-10H2. The molecule has 4 rings (SSSR count). The van der Waals surface area contributed by atoms with Gasteiger partial charge in [0, 0.05) is 37.4 Å². The second-order valence-electron chi connectivity index (χ2n) is 5.45. The minimum Gasteiger partial charge on any atom is -0.369 e. The smallest absolute Gasteiger partial charge is 0.185 e. The van der Waals surface area contributed by atoms with Crippen LogP contribution in [0.15, 0.2) is 36.4 Å². The molecule has 3 heterocycles. The van der Waals surface area contributed by atoms with Gasteiger partial charge in [-0.2, -0.15) is 9.61 Å². The van der Waals surface area contributed by atoms with Gasteiger partial charge in [0.25, 0.3) is 0 Å². The Morgan fingerprint density at radius 2 is 1.78 bits per heavy atom. The summed E-state index contributed by atoms with van der Waals surface area (Å²) in [5, 5.41) is 15.9. The lowest BCUT2D eigenvalue weighted by atomic mass is 10.1. The van der Waals surface area contributed by atoms with Crippen LogP contribution in [0.25, 0.3) is 17.0 Å². The maximum atomic E-state index is 10.9. The lowest BCUT2D eigenvalue weighted by Gasteiger charge is -2.29. The molecule has 0 unspecified atom stereocenters. The third-order valence-electron chi connectivity index (χ3n) is 4.01. The summed E-state index contributed by atoms with van der Waals surface area (Å²) in [5.41, 5.74) is 3.10. The monoisotopic (exact) mass is 308 g/mol. The Bertz CT molecular complexity index is 835. The number of nitrogens with zero attached hydrogens (tertiary/aromatic N) is 5. The van der Waals surface area contributed by atoms with Crippen LogP contribution < -0.4 is 10.2 Å². The van der Waals surface area contributed by atoms with E-state index in [0.29, 0.717) is 17.2 Å². The Labute approximate surface area is 132 Å². The number of nitrogens with one attached hydrogen (secondary N) is 1. The van der Waals surface area contributed by atoms with E-state index in [4.69, 9.17) is 0 Å². The summed E-state index contributed by atoms with van der Waals surface area (Å²) in [4.78, 5) is 13.3. The lowest BCUT2D eigenvalue weighted by Crippen LogP contribution is -2.43. The first-order valence-corrected chi connectivity index (χ1v) is 7.59. The second kappa shape index (κ2) is 5.77. The summed E-state index contributed by atoms with van der Waals surface area (Å²) >= 11 is 0. The molecule has 0 radical (unpaired) electrons. The highest BCUT2D eigenvalue weighted by Gasteiger charge is 2.13. The van der Waals surface area contributed by atoms with Crippen LogP contribution in [0.4, 0.5) is 5.69 Å². The topological polar surface area (TPSA) is 75.4 Å². The number of carbonyl (C=O) groups excluding carboxylic acids is 1. The van der Waals surface area contributed by atoms with E-state index in [0.717, 1.165) is 38.0 Å². The highest BCUT2D eigenvalue weighted by Crippen LogP contribution is 2.22. The molecule has 1 saturated heterocycles. The summed E-state index contributed by atoms with van der Waals surface area (Å²) in [5.74, 6) is 0.635. The van der Waals surface area contributed by atoms with Crippen molar-refractivity contribution in [3.05, 3.63) is 42.1 Å². The van der Waals surface area contributed by atoms with E-state index < -0.39 is 0 Å². The maximum absolute atomic E-state index is 10.9. The van der Waals surface area contributed by atoms with Crippen molar-refractivity contribution in [1.29, 1.82) is 0 Å². The van der Waals surface area contributed by atoms with Crippen LogP contribution in [0.2, 0.25) is 0 Å². The zero-order valence-electron chi connectivity index (χ0n) is 12.5. The Hall–Kier alpha value is -2.80. The fourth-order valence-electron chi connectivity index (χ4n) is 2.79. The molecule has 7 nitrogen and oxygen atoms in total. The molecule has 116 valence electrons. The predicted molar refractivity (Wildman–Crippen MR) is 86.7 cm³/mol. The highest BCUT2D eigenvalue weighted by atomic mass is 16.1. The van der Waals surface area contributed by atoms with Gasteiger partial charge in [0.2, 0.25) is 0 Å². The van der Waals surface area contributed by atoms with Crippen LogP contribution in [-0.4, -0.2) is 52.3 Å². The van der Waals surface area contributed by atoms with E-state index in [1.807, 2.05) is 12.1 Å². The van der Waals surface area contributed by atoms with E-state index in [1.54, 1.807) is 16.6 Å². The summed E-state index contributed by atoms with van der Waals surface area (Å²) in [6, 6.07) is 11.6. The zero-order chi connectivity index (χ0) is 15.6. The summed E-state index contributed by atoms with van der Waals surface area (Å²) < 4.78 is 1.60. The Balaban J connectivity index is 1.69. The number of carbonyl (C=O) groups is 1. The number of anilines is 1. The summed E-state index contributed by atoms with van der Waals surface area (Å²) in [6.07, 6.45) is 0.719. The van der Waals surface area contributed by atoms with Crippen molar-refractivity contribution < 1.29 is 4.79 Å². The molecule has 1 N–H and O–H groups in total. The molecule has 0 aliphatic carbocycles. The van der Waals surface area contributed by atoms with E-state index in [9.17, 15) is 4.79 Å². The van der Waals surface area contributed by atoms with Crippen LogP contribution in [0.1, 0.15) is 10.5 Å². The molecule has 0 spiro atoms. The van der Waals surface area contributed by atoms with Crippen LogP contribution in [0, 0.1) is 0 Å². The van der Waals surface area contributed by atoms with Crippen LogP contribution in [0.3, 0.4) is 0 Å². The second-order valence-corrected chi connectivity index (χ2v) is 5.45. The third-order valence-corrected chi connectivity index (χ3v) is 4.01. The molecular weight excluding hydrogens is 292 g/mol. The van der Waals surface area contributed by atoms with Crippen molar-refractivity contribution in [3.63, 3.8) is 0 Å². The normalized spacial score (nSPS) is 15.0. The number of hydrogen-bond acceptors (Lipinski definition) is 6. The fourth-order valence-corrected chi connectivity index (χ4v) is 2.79. The van der Waals surface area contributed by atoms with E-state index in [1.165, 1.54) is 5.69 Å². The van der Waals surface area contributed by atoms with Crippen molar-refractivity contribution in [1.82, 2.24) is 25.1 Å². The number of benzene rings is 1. The van der Waals surface area contributed by atoms with E-state index in [2.05, 4.69) is 37.6 Å². The van der Waals surface area contributed by atoms with Gasteiger partial charge in [-0.3, -0.25) is 4.79 Å². The van der Waals surface area contributed by atoms with Gasteiger partial charge >= 0.3 is 0 Å². The molecule has 1 aliphatic rings. The van der Waals surface area contributed by atoms with Gasteiger partial charge in [0.15, 0.2) is 17.8 Å². The van der Waals surface area contributed by atoms with Crippen molar-refractivity contribution in [3.8, 4) is 11.4 Å². The average Bonchev–Trinajstić information content (AvgIpc) is 3.05. The molecular formula is C16H16N6O. The first-order chi connectivity index (χ1) is 11.3. The van der Waals surface area contributed by atoms with Gasteiger partial charge in [-0.1, -0.05) is 0 Å². The number of rotatable bonds is 3. The van der Waals surface area contributed by atoms with Crippen LogP contribution in [0.5, 0.6) is 0 Å². The zero-order valence-corrected chi connectivity index (χ0v) is 12.5. The molecule has 0 bridgehead atoms. The van der Waals surface area contributed by atoms with Gasteiger partial charge < -0.3 is 10.2 Å². The molecule has 0 atom stereocenters. The fraction of sp³-hybridized carbons (Fsp3) is 0.250. The molecule has 1 aliphatic heterocycles. The minimum atomic E-state index is 0.357. The average molecular weight is 308 g/mol. The molecule has 2 aromatic heterocycles. The number of aldehydes is 1. The number of piperazine rings is 1. The van der Waals surface area contributed by atoms with Gasteiger partial charge in [0.1, 0.15) is 5.69 Å². The molecule has 7 heteroatoms. The minimum absolute atomic E-state index is 0.357. The lowest BCUT2D eigenvalue weighted by molar-refractivity contribution is 0.111. The quantitative estimate of drug-likeness (QED) is 0.728. The van der Waals surface area contributed by atoms with Crippen LogP contribution in [-0.2, 0) is 0 Å². The van der Waals surface area contributed by atoms with Gasteiger partial charge in [-0.15, -0.1) is 10.2 Å².